The monoisotopic (exact) mass is 347 g/mol. The van der Waals surface area contributed by atoms with Gasteiger partial charge in [-0.15, -0.1) is 0 Å². The summed E-state index contributed by atoms with van der Waals surface area (Å²) in [5.41, 5.74) is 8.88. The molecule has 0 aliphatic rings. The number of nitrogen functional groups attached to an aromatic ring is 1. The van der Waals surface area contributed by atoms with Crippen LogP contribution in [0.3, 0.4) is 0 Å². The van der Waals surface area contributed by atoms with E-state index in [-0.39, 0.29) is 5.91 Å². The molecular weight excluding hydrogens is 330 g/mol. The zero-order valence-corrected chi connectivity index (χ0v) is 13.4. The largest absolute Gasteiger partial charge is 0.399 e. The Kier molecular flexibility index (Phi) is 5.22. The molecule has 0 spiro atoms. The van der Waals surface area contributed by atoms with Crippen LogP contribution in [0.15, 0.2) is 46.9 Å². The van der Waals surface area contributed by atoms with Crippen molar-refractivity contribution in [3.05, 3.63) is 58.1 Å². The molecule has 110 valence electrons. The van der Waals surface area contributed by atoms with Gasteiger partial charge in [0.25, 0.3) is 5.91 Å². The van der Waals surface area contributed by atoms with Gasteiger partial charge in [0.1, 0.15) is 0 Å². The van der Waals surface area contributed by atoms with Crippen LogP contribution in [0.5, 0.6) is 0 Å². The van der Waals surface area contributed by atoms with Crippen LogP contribution in [0.1, 0.15) is 22.8 Å². The first-order valence-corrected chi connectivity index (χ1v) is 7.56. The van der Waals surface area contributed by atoms with Crippen LogP contribution >= 0.6 is 15.9 Å². The molecule has 1 amide bonds. The van der Waals surface area contributed by atoms with Crippen molar-refractivity contribution in [1.82, 2.24) is 5.32 Å². The molecule has 0 saturated carbocycles. The van der Waals surface area contributed by atoms with Crippen LogP contribution in [0, 0.1) is 0 Å². The minimum Gasteiger partial charge on any atom is -0.399 e. The van der Waals surface area contributed by atoms with E-state index in [1.807, 2.05) is 31.2 Å². The standard InChI is InChI=1S/C16H18BrN3O/c1-2-19-16(21)13-8-7-12(18)9-15(13)20-10-11-5-3-4-6-14(11)17/h3-9,20H,2,10,18H2,1H3,(H,19,21). The lowest BCUT2D eigenvalue weighted by Crippen LogP contribution is -2.24. The van der Waals surface area contributed by atoms with E-state index in [0.717, 1.165) is 15.7 Å². The molecule has 2 aromatic carbocycles. The maximum Gasteiger partial charge on any atom is 0.253 e. The SMILES string of the molecule is CCNC(=O)c1ccc(N)cc1NCc1ccccc1Br. The van der Waals surface area contributed by atoms with Crippen molar-refractivity contribution in [2.24, 2.45) is 0 Å². The highest BCUT2D eigenvalue weighted by Gasteiger charge is 2.11. The van der Waals surface area contributed by atoms with Crippen LogP contribution < -0.4 is 16.4 Å². The molecule has 4 nitrogen and oxygen atoms in total. The molecule has 0 saturated heterocycles. The number of benzene rings is 2. The number of hydrogen-bond donors (Lipinski definition) is 3. The fourth-order valence-electron chi connectivity index (χ4n) is 1.99. The van der Waals surface area contributed by atoms with Gasteiger partial charge >= 0.3 is 0 Å². The molecule has 0 aliphatic heterocycles. The van der Waals surface area contributed by atoms with E-state index in [1.54, 1.807) is 18.2 Å². The number of amides is 1. The van der Waals surface area contributed by atoms with E-state index in [9.17, 15) is 4.79 Å². The Morgan fingerprint density at radius 3 is 2.71 bits per heavy atom. The summed E-state index contributed by atoms with van der Waals surface area (Å²) < 4.78 is 1.03. The van der Waals surface area contributed by atoms with Crippen molar-refractivity contribution < 1.29 is 4.79 Å². The molecule has 0 heterocycles. The van der Waals surface area contributed by atoms with Crippen molar-refractivity contribution in [3.8, 4) is 0 Å². The summed E-state index contributed by atoms with van der Waals surface area (Å²) in [5, 5.41) is 6.08. The molecule has 2 aromatic rings. The highest BCUT2D eigenvalue weighted by Crippen LogP contribution is 2.22. The number of hydrogen-bond acceptors (Lipinski definition) is 3. The number of carbonyl (C=O) groups excluding carboxylic acids is 1. The molecule has 0 aliphatic carbocycles. The van der Waals surface area contributed by atoms with Crippen LogP contribution in [0.4, 0.5) is 11.4 Å². The molecule has 0 bridgehead atoms. The molecule has 0 fully saturated rings. The lowest BCUT2D eigenvalue weighted by Gasteiger charge is -2.13. The fraction of sp³-hybridized carbons (Fsp3) is 0.188. The second-order valence-corrected chi connectivity index (χ2v) is 5.46. The molecular formula is C16H18BrN3O. The Bertz CT molecular complexity index is 643. The van der Waals surface area contributed by atoms with E-state index < -0.39 is 0 Å². The second-order valence-electron chi connectivity index (χ2n) is 4.61. The van der Waals surface area contributed by atoms with Gasteiger partial charge in [0.15, 0.2) is 0 Å². The number of anilines is 2. The summed E-state index contributed by atoms with van der Waals surface area (Å²) in [6.07, 6.45) is 0. The topological polar surface area (TPSA) is 67.2 Å². The number of rotatable bonds is 5. The van der Waals surface area contributed by atoms with Gasteiger partial charge in [-0.05, 0) is 36.8 Å². The van der Waals surface area contributed by atoms with Crippen molar-refractivity contribution in [2.75, 3.05) is 17.6 Å². The predicted molar refractivity (Wildman–Crippen MR) is 90.3 cm³/mol. The third kappa shape index (κ3) is 3.98. The zero-order valence-electron chi connectivity index (χ0n) is 11.8. The lowest BCUT2D eigenvalue weighted by molar-refractivity contribution is 0.0956. The summed E-state index contributed by atoms with van der Waals surface area (Å²) in [5.74, 6) is -0.105. The number of nitrogens with one attached hydrogen (secondary N) is 2. The highest BCUT2D eigenvalue weighted by atomic mass is 79.9. The minimum atomic E-state index is -0.105. The summed E-state index contributed by atoms with van der Waals surface area (Å²) >= 11 is 3.51. The highest BCUT2D eigenvalue weighted by molar-refractivity contribution is 9.10. The molecule has 0 radical (unpaired) electrons. The molecule has 0 atom stereocenters. The van der Waals surface area contributed by atoms with Crippen molar-refractivity contribution in [3.63, 3.8) is 0 Å². The summed E-state index contributed by atoms with van der Waals surface area (Å²) in [6, 6.07) is 13.2. The lowest BCUT2D eigenvalue weighted by atomic mass is 10.1. The van der Waals surface area contributed by atoms with E-state index in [0.29, 0.717) is 24.3 Å². The smallest absolute Gasteiger partial charge is 0.253 e. The summed E-state index contributed by atoms with van der Waals surface area (Å²) in [4.78, 5) is 12.1. The first-order chi connectivity index (χ1) is 10.1. The van der Waals surface area contributed by atoms with Crippen LogP contribution in [0.25, 0.3) is 0 Å². The average Bonchev–Trinajstić information content (AvgIpc) is 2.46. The van der Waals surface area contributed by atoms with Gasteiger partial charge in [-0.3, -0.25) is 4.79 Å². The Balaban J connectivity index is 2.20. The van der Waals surface area contributed by atoms with Gasteiger partial charge in [-0.2, -0.15) is 0 Å². The van der Waals surface area contributed by atoms with Crippen LogP contribution in [0.2, 0.25) is 0 Å². The Hall–Kier alpha value is -2.01. The van der Waals surface area contributed by atoms with Crippen molar-refractivity contribution in [1.29, 1.82) is 0 Å². The van der Waals surface area contributed by atoms with Gasteiger partial charge in [-0.1, -0.05) is 34.1 Å². The van der Waals surface area contributed by atoms with Crippen LogP contribution in [-0.2, 0) is 6.54 Å². The Labute approximate surface area is 132 Å². The van der Waals surface area contributed by atoms with Crippen molar-refractivity contribution in [2.45, 2.75) is 13.5 Å². The quantitative estimate of drug-likeness (QED) is 0.726. The normalized spacial score (nSPS) is 10.2. The van der Waals surface area contributed by atoms with Gasteiger partial charge in [0, 0.05) is 28.9 Å². The second kappa shape index (κ2) is 7.13. The first kappa shape index (κ1) is 15.4. The van der Waals surface area contributed by atoms with Crippen molar-refractivity contribution >= 4 is 33.2 Å². The summed E-state index contributed by atoms with van der Waals surface area (Å²) in [7, 11) is 0. The molecule has 4 N–H and O–H groups in total. The number of nitrogens with two attached hydrogens (primary N) is 1. The minimum absolute atomic E-state index is 0.105. The third-order valence-electron chi connectivity index (χ3n) is 3.05. The molecule has 0 unspecified atom stereocenters. The van der Waals surface area contributed by atoms with Gasteiger partial charge in [0.2, 0.25) is 0 Å². The van der Waals surface area contributed by atoms with E-state index >= 15 is 0 Å². The van der Waals surface area contributed by atoms with E-state index in [1.165, 1.54) is 0 Å². The fourth-order valence-corrected chi connectivity index (χ4v) is 2.42. The van der Waals surface area contributed by atoms with Gasteiger partial charge in [0.05, 0.1) is 5.56 Å². The average molecular weight is 348 g/mol. The van der Waals surface area contributed by atoms with Crippen LogP contribution in [-0.4, -0.2) is 12.5 Å². The Morgan fingerprint density at radius 1 is 1.24 bits per heavy atom. The Morgan fingerprint density at radius 2 is 2.00 bits per heavy atom. The van der Waals surface area contributed by atoms with Gasteiger partial charge < -0.3 is 16.4 Å². The number of halogens is 1. The molecule has 21 heavy (non-hydrogen) atoms. The van der Waals surface area contributed by atoms with E-state index in [2.05, 4.69) is 26.6 Å². The third-order valence-corrected chi connectivity index (χ3v) is 3.83. The molecule has 5 heteroatoms. The maximum absolute atomic E-state index is 12.1. The van der Waals surface area contributed by atoms with E-state index in [4.69, 9.17) is 5.73 Å². The first-order valence-electron chi connectivity index (χ1n) is 6.76. The molecule has 0 aromatic heterocycles. The maximum atomic E-state index is 12.1. The predicted octanol–water partition coefficient (Wildman–Crippen LogP) is 3.39. The van der Waals surface area contributed by atoms with Gasteiger partial charge in [-0.25, -0.2) is 0 Å². The number of carbonyl (C=O) groups is 1. The zero-order chi connectivity index (χ0) is 15.2. The summed E-state index contributed by atoms with van der Waals surface area (Å²) in [6.45, 7) is 3.09. The molecule has 2 rings (SSSR count).